The summed E-state index contributed by atoms with van der Waals surface area (Å²) < 4.78 is 11.8. The lowest BCUT2D eigenvalue weighted by atomic mass is 9.84. The smallest absolute Gasteiger partial charge is 0.414 e. The Kier molecular flexibility index (Phi) is 8.06. The van der Waals surface area contributed by atoms with Crippen LogP contribution in [0, 0.1) is 0 Å². The van der Waals surface area contributed by atoms with Gasteiger partial charge < -0.3 is 19.9 Å². The number of aliphatic hydroxyl groups is 1. The molecule has 0 unspecified atom stereocenters. The first kappa shape index (κ1) is 24.8. The van der Waals surface area contributed by atoms with Crippen molar-refractivity contribution in [1.29, 1.82) is 0 Å². The van der Waals surface area contributed by atoms with Crippen molar-refractivity contribution in [2.24, 2.45) is 0 Å². The molecule has 6 heteroatoms. The minimum absolute atomic E-state index is 0.0400. The fourth-order valence-electron chi connectivity index (χ4n) is 4.57. The minimum atomic E-state index is -0.670. The summed E-state index contributed by atoms with van der Waals surface area (Å²) in [6, 6.07) is 23.5. The molecule has 0 heterocycles. The van der Waals surface area contributed by atoms with Crippen LogP contribution in [0.5, 0.6) is 5.75 Å². The zero-order valence-electron chi connectivity index (χ0n) is 20.6. The fraction of sp³-hybridized carbons (Fsp3) is 0.345. The van der Waals surface area contributed by atoms with E-state index in [1.54, 1.807) is 7.05 Å². The van der Waals surface area contributed by atoms with Crippen LogP contribution in [0.1, 0.15) is 48.6 Å². The third kappa shape index (κ3) is 6.02. The van der Waals surface area contributed by atoms with Crippen LogP contribution in [0.2, 0.25) is 0 Å². The van der Waals surface area contributed by atoms with Crippen molar-refractivity contribution in [2.75, 3.05) is 11.9 Å². The number of aliphatic hydroxyl groups excluding tert-OH is 1. The summed E-state index contributed by atoms with van der Waals surface area (Å²) in [6.45, 7) is 4.71. The maximum absolute atomic E-state index is 13.1. The molecular weight excluding hydrogens is 440 g/mol. The van der Waals surface area contributed by atoms with Gasteiger partial charge >= 0.3 is 6.09 Å². The maximum atomic E-state index is 13.1. The van der Waals surface area contributed by atoms with Gasteiger partial charge in [0, 0.05) is 19.1 Å². The summed E-state index contributed by atoms with van der Waals surface area (Å²) in [5.41, 5.74) is 4.34. The topological polar surface area (TPSA) is 71.0 Å². The van der Waals surface area contributed by atoms with Gasteiger partial charge in [-0.05, 0) is 41.2 Å². The lowest BCUT2D eigenvalue weighted by Gasteiger charge is -2.35. The van der Waals surface area contributed by atoms with Crippen molar-refractivity contribution < 1.29 is 19.4 Å². The van der Waals surface area contributed by atoms with Crippen molar-refractivity contribution in [3.05, 3.63) is 95.1 Å². The largest absolute Gasteiger partial charge is 0.487 e. The maximum Gasteiger partial charge on any atom is 0.414 e. The summed E-state index contributed by atoms with van der Waals surface area (Å²) in [5.74, 6) is 0.592. The van der Waals surface area contributed by atoms with Crippen LogP contribution in [-0.4, -0.2) is 30.3 Å². The molecule has 0 spiro atoms. The number of rotatable bonds is 8. The molecule has 1 amide bonds. The molecule has 0 fully saturated rings. The Hall–Kier alpha value is -3.35. The van der Waals surface area contributed by atoms with Crippen LogP contribution < -0.4 is 15.0 Å². The Balaban J connectivity index is 1.62. The van der Waals surface area contributed by atoms with Gasteiger partial charge in [0.2, 0.25) is 0 Å². The van der Waals surface area contributed by atoms with Gasteiger partial charge in [-0.25, -0.2) is 4.79 Å². The van der Waals surface area contributed by atoms with Crippen LogP contribution in [0.4, 0.5) is 10.5 Å². The molecule has 35 heavy (non-hydrogen) atoms. The second kappa shape index (κ2) is 11.4. The summed E-state index contributed by atoms with van der Waals surface area (Å²) >= 11 is 0. The van der Waals surface area contributed by atoms with Gasteiger partial charge in [-0.3, -0.25) is 4.90 Å². The van der Waals surface area contributed by atoms with E-state index in [1.165, 1.54) is 4.90 Å². The van der Waals surface area contributed by atoms with E-state index in [0.717, 1.165) is 28.7 Å². The number of benzene rings is 3. The van der Waals surface area contributed by atoms with E-state index in [0.29, 0.717) is 24.5 Å². The first-order valence-corrected chi connectivity index (χ1v) is 12.1. The van der Waals surface area contributed by atoms with E-state index in [4.69, 9.17) is 9.47 Å². The van der Waals surface area contributed by atoms with Crippen molar-refractivity contribution >= 4 is 11.8 Å². The quantitative estimate of drug-likeness (QED) is 0.458. The number of hydrogen-bond acceptors (Lipinski definition) is 5. The molecule has 4 rings (SSSR count). The van der Waals surface area contributed by atoms with Gasteiger partial charge in [0.05, 0.1) is 11.8 Å². The number of carbonyl (C=O) groups excluding carboxylic acids is 1. The molecule has 0 saturated carbocycles. The Labute approximate surface area is 207 Å². The highest BCUT2D eigenvalue weighted by molar-refractivity contribution is 5.91. The SMILES string of the molecule is CC(C)N[C@H]1CCc2c(ccc(OCc3ccccc3)c2N(C)C(=O)OCc2ccccc2)[C@@H]1O. The third-order valence-electron chi connectivity index (χ3n) is 6.29. The van der Waals surface area contributed by atoms with Gasteiger partial charge in [0.15, 0.2) is 0 Å². The summed E-state index contributed by atoms with van der Waals surface area (Å²) in [6.07, 6.45) is 0.333. The van der Waals surface area contributed by atoms with Crippen LogP contribution in [0.25, 0.3) is 0 Å². The van der Waals surface area contributed by atoms with E-state index in [1.807, 2.05) is 72.8 Å². The molecule has 184 valence electrons. The van der Waals surface area contributed by atoms with Crippen LogP contribution >= 0.6 is 0 Å². The second-order valence-electron chi connectivity index (χ2n) is 9.26. The van der Waals surface area contributed by atoms with Crippen molar-refractivity contribution in [2.45, 2.75) is 58.1 Å². The Morgan fingerprint density at radius 3 is 2.26 bits per heavy atom. The average molecular weight is 475 g/mol. The Bertz CT molecular complexity index is 1120. The molecule has 3 aromatic rings. The Morgan fingerprint density at radius 1 is 1.00 bits per heavy atom. The number of nitrogens with one attached hydrogen (secondary N) is 1. The van der Waals surface area contributed by atoms with E-state index < -0.39 is 12.2 Å². The van der Waals surface area contributed by atoms with Gasteiger partial charge in [0.1, 0.15) is 19.0 Å². The molecule has 1 aliphatic rings. The summed E-state index contributed by atoms with van der Waals surface area (Å²) in [7, 11) is 1.70. The van der Waals surface area contributed by atoms with Crippen LogP contribution in [0.15, 0.2) is 72.8 Å². The lowest BCUT2D eigenvalue weighted by molar-refractivity contribution is 0.110. The van der Waals surface area contributed by atoms with Gasteiger partial charge in [-0.15, -0.1) is 0 Å². The number of fused-ring (bicyclic) bond motifs is 1. The fourth-order valence-corrected chi connectivity index (χ4v) is 4.57. The minimum Gasteiger partial charge on any atom is -0.487 e. The highest BCUT2D eigenvalue weighted by Gasteiger charge is 2.33. The zero-order chi connectivity index (χ0) is 24.8. The lowest BCUT2D eigenvalue weighted by Crippen LogP contribution is -2.42. The van der Waals surface area contributed by atoms with Crippen molar-refractivity contribution in [3.63, 3.8) is 0 Å². The van der Waals surface area contributed by atoms with Gasteiger partial charge in [0.25, 0.3) is 0 Å². The van der Waals surface area contributed by atoms with E-state index in [2.05, 4.69) is 19.2 Å². The number of hydrogen-bond donors (Lipinski definition) is 2. The summed E-state index contributed by atoms with van der Waals surface area (Å²) in [4.78, 5) is 14.6. The molecule has 0 saturated heterocycles. The third-order valence-corrected chi connectivity index (χ3v) is 6.29. The molecule has 0 bridgehead atoms. The highest BCUT2D eigenvalue weighted by Crippen LogP contribution is 2.42. The van der Waals surface area contributed by atoms with Crippen molar-refractivity contribution in [1.82, 2.24) is 5.32 Å². The van der Waals surface area contributed by atoms with Crippen molar-refractivity contribution in [3.8, 4) is 5.75 Å². The number of nitrogens with zero attached hydrogens (tertiary/aromatic N) is 1. The highest BCUT2D eigenvalue weighted by atomic mass is 16.6. The normalized spacial score (nSPS) is 17.1. The monoisotopic (exact) mass is 474 g/mol. The first-order chi connectivity index (χ1) is 16.9. The average Bonchev–Trinajstić information content (AvgIpc) is 2.88. The van der Waals surface area contributed by atoms with E-state index in [9.17, 15) is 9.90 Å². The molecule has 2 atom stereocenters. The molecule has 1 aliphatic carbocycles. The first-order valence-electron chi connectivity index (χ1n) is 12.1. The van der Waals surface area contributed by atoms with Gasteiger partial charge in [-0.2, -0.15) is 0 Å². The standard InChI is InChI=1S/C29H34N2O4/c1-20(2)30-25-16-14-23-24(28(25)32)15-17-26(34-18-21-10-6-4-7-11-21)27(23)31(3)29(33)35-19-22-12-8-5-9-13-22/h4-13,15,17,20,25,28,30,32H,14,16,18-19H2,1-3H3/t25-,28-/m0/s1. The molecule has 2 N–H and O–H groups in total. The molecular formula is C29H34N2O4. The summed E-state index contributed by atoms with van der Waals surface area (Å²) in [5, 5.41) is 14.6. The number of anilines is 1. The number of amides is 1. The second-order valence-corrected chi connectivity index (χ2v) is 9.26. The molecule has 6 nitrogen and oxygen atoms in total. The molecule has 0 aliphatic heterocycles. The van der Waals surface area contributed by atoms with Crippen LogP contribution in [-0.2, 0) is 24.4 Å². The Morgan fingerprint density at radius 2 is 1.63 bits per heavy atom. The molecule has 0 aromatic heterocycles. The predicted octanol–water partition coefficient (Wildman–Crippen LogP) is 5.38. The van der Waals surface area contributed by atoms with Gasteiger partial charge in [-0.1, -0.05) is 80.6 Å². The number of ether oxygens (including phenoxy) is 2. The molecule has 3 aromatic carbocycles. The van der Waals surface area contributed by atoms with Crippen LogP contribution in [0.3, 0.4) is 0 Å². The van der Waals surface area contributed by atoms with E-state index in [-0.39, 0.29) is 18.7 Å². The molecule has 0 radical (unpaired) electrons. The number of carbonyl (C=O) groups is 1. The predicted molar refractivity (Wildman–Crippen MR) is 138 cm³/mol. The zero-order valence-corrected chi connectivity index (χ0v) is 20.6. The van der Waals surface area contributed by atoms with E-state index >= 15 is 0 Å².